The summed E-state index contributed by atoms with van der Waals surface area (Å²) in [5, 5.41) is 2.31. The molecule has 0 bridgehead atoms. The number of nitrogens with zero attached hydrogens (tertiary/aromatic N) is 1. The van der Waals surface area contributed by atoms with Crippen molar-refractivity contribution in [2.24, 2.45) is 0 Å². The van der Waals surface area contributed by atoms with Gasteiger partial charge in [-0.2, -0.15) is 0 Å². The summed E-state index contributed by atoms with van der Waals surface area (Å²) in [6.07, 6.45) is 0. The van der Waals surface area contributed by atoms with Crippen LogP contribution in [-0.4, -0.2) is 4.68 Å². The molecule has 0 radical (unpaired) electrons. The molecule has 0 aliphatic heterocycles. The third-order valence-corrected chi connectivity index (χ3v) is 3.39. The average molecular weight is 228 g/mol. The number of rotatable bonds is 1. The lowest BCUT2D eigenvalue weighted by Gasteiger charge is -2.05. The molecule has 0 aliphatic carbocycles. The Morgan fingerprint density at radius 3 is 2.65 bits per heavy atom. The van der Waals surface area contributed by atoms with Crippen LogP contribution in [0.1, 0.15) is 31.0 Å². The average Bonchev–Trinajstić information content (AvgIpc) is 2.77. The first-order valence-corrected chi connectivity index (χ1v) is 5.88. The Labute approximate surface area is 99.8 Å². The van der Waals surface area contributed by atoms with Crippen LogP contribution in [0.5, 0.6) is 0 Å². The third-order valence-electron chi connectivity index (χ3n) is 3.39. The Morgan fingerprint density at radius 2 is 1.94 bits per heavy atom. The summed E-state index contributed by atoms with van der Waals surface area (Å²) in [5.74, 6) is 6.50. The van der Waals surface area contributed by atoms with Crippen molar-refractivity contribution in [2.75, 3.05) is 5.84 Å². The molecule has 0 amide bonds. The van der Waals surface area contributed by atoms with Crippen molar-refractivity contribution in [2.45, 2.75) is 26.7 Å². The summed E-state index contributed by atoms with van der Waals surface area (Å²) < 4.78 is 7.49. The van der Waals surface area contributed by atoms with Crippen LogP contribution >= 0.6 is 0 Å². The number of benzene rings is 1. The van der Waals surface area contributed by atoms with E-state index in [0.29, 0.717) is 5.92 Å². The Balaban J connectivity index is 2.57. The van der Waals surface area contributed by atoms with E-state index in [1.54, 1.807) is 4.68 Å². The van der Waals surface area contributed by atoms with Crippen LogP contribution < -0.4 is 5.84 Å². The summed E-state index contributed by atoms with van der Waals surface area (Å²) >= 11 is 0. The normalized spacial score (nSPS) is 12.0. The van der Waals surface area contributed by atoms with Crippen molar-refractivity contribution >= 4 is 22.1 Å². The molecule has 3 aromatic rings. The van der Waals surface area contributed by atoms with Crippen molar-refractivity contribution in [1.29, 1.82) is 0 Å². The lowest BCUT2D eigenvalue weighted by atomic mass is 9.99. The van der Waals surface area contributed by atoms with E-state index in [1.807, 2.05) is 25.1 Å². The fourth-order valence-corrected chi connectivity index (χ4v) is 2.63. The van der Waals surface area contributed by atoms with Crippen LogP contribution in [0.15, 0.2) is 28.7 Å². The summed E-state index contributed by atoms with van der Waals surface area (Å²) in [4.78, 5) is 0. The lowest BCUT2D eigenvalue weighted by Crippen LogP contribution is -2.09. The van der Waals surface area contributed by atoms with Gasteiger partial charge in [0.25, 0.3) is 0 Å². The van der Waals surface area contributed by atoms with E-state index in [0.717, 1.165) is 27.8 Å². The molecule has 3 rings (SSSR count). The molecule has 0 saturated carbocycles. The number of nitrogen functional groups attached to an aromatic ring is 1. The summed E-state index contributed by atoms with van der Waals surface area (Å²) in [6.45, 7) is 6.41. The second-order valence-corrected chi connectivity index (χ2v) is 4.80. The zero-order valence-electron chi connectivity index (χ0n) is 10.3. The minimum atomic E-state index is 0.434. The minimum Gasteiger partial charge on any atom is -0.438 e. The van der Waals surface area contributed by atoms with Crippen LogP contribution in [0, 0.1) is 6.92 Å². The Hall–Kier alpha value is -1.90. The monoisotopic (exact) mass is 228 g/mol. The second-order valence-electron chi connectivity index (χ2n) is 4.80. The molecule has 2 heterocycles. The molecule has 3 heteroatoms. The Kier molecular flexibility index (Phi) is 1.99. The van der Waals surface area contributed by atoms with Crippen molar-refractivity contribution < 1.29 is 4.42 Å². The van der Waals surface area contributed by atoms with E-state index < -0.39 is 0 Å². The van der Waals surface area contributed by atoms with Crippen LogP contribution in [0.2, 0.25) is 0 Å². The molecule has 0 spiro atoms. The van der Waals surface area contributed by atoms with E-state index in [4.69, 9.17) is 10.3 Å². The molecule has 0 atom stereocenters. The zero-order chi connectivity index (χ0) is 12.2. The van der Waals surface area contributed by atoms with E-state index in [9.17, 15) is 0 Å². The van der Waals surface area contributed by atoms with Crippen LogP contribution in [0.25, 0.3) is 22.1 Å². The Bertz CT molecular complexity index is 704. The second kappa shape index (κ2) is 3.29. The highest BCUT2D eigenvalue weighted by Crippen LogP contribution is 2.37. The summed E-state index contributed by atoms with van der Waals surface area (Å²) in [5.41, 5.74) is 4.04. The molecule has 88 valence electrons. The first-order chi connectivity index (χ1) is 8.11. The molecule has 2 aromatic heterocycles. The topological polar surface area (TPSA) is 44.1 Å². The quantitative estimate of drug-likeness (QED) is 0.647. The highest BCUT2D eigenvalue weighted by atomic mass is 16.3. The number of furan rings is 1. The van der Waals surface area contributed by atoms with Gasteiger partial charge in [0.15, 0.2) is 0 Å². The van der Waals surface area contributed by atoms with Crippen molar-refractivity contribution in [3.8, 4) is 0 Å². The van der Waals surface area contributed by atoms with Gasteiger partial charge in [-0.1, -0.05) is 32.0 Å². The van der Waals surface area contributed by atoms with Gasteiger partial charge in [-0.25, -0.2) is 4.68 Å². The van der Waals surface area contributed by atoms with E-state index in [-0.39, 0.29) is 0 Å². The predicted molar refractivity (Wildman–Crippen MR) is 70.7 cm³/mol. The highest BCUT2D eigenvalue weighted by molar-refractivity contribution is 6.06. The van der Waals surface area contributed by atoms with Gasteiger partial charge in [0, 0.05) is 11.1 Å². The molecule has 0 fully saturated rings. The molecule has 0 saturated heterocycles. The SMILES string of the molecule is Cc1c(C(C)C)c2c3ccccc3oc2n1N. The maximum atomic E-state index is 6.06. The zero-order valence-corrected chi connectivity index (χ0v) is 10.3. The van der Waals surface area contributed by atoms with Crippen molar-refractivity contribution in [1.82, 2.24) is 4.68 Å². The molecule has 17 heavy (non-hydrogen) atoms. The number of nitrogens with two attached hydrogens (primary N) is 1. The van der Waals surface area contributed by atoms with Gasteiger partial charge in [0.2, 0.25) is 5.71 Å². The van der Waals surface area contributed by atoms with Gasteiger partial charge >= 0.3 is 0 Å². The summed E-state index contributed by atoms with van der Waals surface area (Å²) in [6, 6.07) is 8.08. The van der Waals surface area contributed by atoms with Gasteiger partial charge in [0.1, 0.15) is 5.58 Å². The van der Waals surface area contributed by atoms with Gasteiger partial charge in [-0.3, -0.25) is 0 Å². The third kappa shape index (κ3) is 1.22. The predicted octanol–water partition coefficient (Wildman–Crippen LogP) is 3.53. The lowest BCUT2D eigenvalue weighted by molar-refractivity contribution is 0.634. The molecular formula is C14H16N2O. The maximum Gasteiger partial charge on any atom is 0.226 e. The maximum absolute atomic E-state index is 6.06. The van der Waals surface area contributed by atoms with Crippen LogP contribution in [0.4, 0.5) is 0 Å². The van der Waals surface area contributed by atoms with Crippen molar-refractivity contribution in [3.63, 3.8) is 0 Å². The molecular weight excluding hydrogens is 212 g/mol. The van der Waals surface area contributed by atoms with E-state index in [1.165, 1.54) is 5.56 Å². The van der Waals surface area contributed by atoms with Gasteiger partial charge in [-0.15, -0.1) is 0 Å². The smallest absolute Gasteiger partial charge is 0.226 e. The first kappa shape index (κ1) is 10.3. The fourth-order valence-electron chi connectivity index (χ4n) is 2.63. The molecule has 0 unspecified atom stereocenters. The van der Waals surface area contributed by atoms with Gasteiger partial charge < -0.3 is 10.3 Å². The van der Waals surface area contributed by atoms with Crippen LogP contribution in [0.3, 0.4) is 0 Å². The number of para-hydroxylation sites is 1. The van der Waals surface area contributed by atoms with Gasteiger partial charge in [-0.05, 0) is 24.5 Å². The minimum absolute atomic E-state index is 0.434. The number of fused-ring (bicyclic) bond motifs is 3. The first-order valence-electron chi connectivity index (χ1n) is 5.88. The fraction of sp³-hybridized carbons (Fsp3) is 0.286. The number of hydrogen-bond donors (Lipinski definition) is 1. The van der Waals surface area contributed by atoms with E-state index in [2.05, 4.69) is 19.9 Å². The molecule has 3 nitrogen and oxygen atoms in total. The Morgan fingerprint density at radius 1 is 1.24 bits per heavy atom. The van der Waals surface area contributed by atoms with Crippen molar-refractivity contribution in [3.05, 3.63) is 35.5 Å². The molecule has 0 aliphatic rings. The standard InChI is InChI=1S/C14H16N2O/c1-8(2)12-9(3)16(15)14-13(12)10-6-4-5-7-11(10)17-14/h4-8H,15H2,1-3H3. The molecule has 2 N–H and O–H groups in total. The van der Waals surface area contributed by atoms with Gasteiger partial charge in [0.05, 0.1) is 5.39 Å². The van der Waals surface area contributed by atoms with E-state index >= 15 is 0 Å². The summed E-state index contributed by atoms with van der Waals surface area (Å²) in [7, 11) is 0. The largest absolute Gasteiger partial charge is 0.438 e. The van der Waals surface area contributed by atoms with Crippen LogP contribution in [-0.2, 0) is 0 Å². The number of hydrogen-bond acceptors (Lipinski definition) is 2. The highest BCUT2D eigenvalue weighted by Gasteiger charge is 2.21. The molecule has 1 aromatic carbocycles. The number of aromatic nitrogens is 1.